The number of nitriles is 1. The molecule has 4 nitrogen and oxygen atoms in total. The highest BCUT2D eigenvalue weighted by Gasteiger charge is 2.37. The summed E-state index contributed by atoms with van der Waals surface area (Å²) in [7, 11) is 0. The molecule has 1 aromatic rings. The molecule has 1 aliphatic heterocycles. The molecule has 0 amide bonds. The fourth-order valence-electron chi connectivity index (χ4n) is 2.51. The molecule has 0 aliphatic carbocycles. The van der Waals surface area contributed by atoms with E-state index in [1.165, 1.54) is 12.1 Å². The third-order valence-electron chi connectivity index (χ3n) is 3.61. The lowest BCUT2D eigenvalue weighted by Crippen LogP contribution is -2.51. The number of esters is 1. The monoisotopic (exact) mass is 340 g/mol. The average Bonchev–Trinajstić information content (AvgIpc) is 2.39. The van der Waals surface area contributed by atoms with Crippen molar-refractivity contribution < 1.29 is 22.7 Å². The van der Waals surface area contributed by atoms with E-state index in [0.29, 0.717) is 25.2 Å². The molecule has 0 radical (unpaired) electrons. The third-order valence-corrected chi connectivity index (χ3v) is 3.61. The van der Waals surface area contributed by atoms with Gasteiger partial charge < -0.3 is 4.74 Å². The van der Waals surface area contributed by atoms with Gasteiger partial charge in [0.05, 0.1) is 23.1 Å². The minimum Gasteiger partial charge on any atom is -0.460 e. The lowest BCUT2D eigenvalue weighted by molar-refractivity contribution is -0.166. The minimum absolute atomic E-state index is 0.246. The standard InChI is InChI=1S/C17H19F3N2O2/c1-16(2,3)24-15(23)13-9-22(10-13)8-11-4-5-12(7-21)14(6-11)17(18,19)20/h4-6,13H,8-10H2,1-3H3. The summed E-state index contributed by atoms with van der Waals surface area (Å²) >= 11 is 0. The average molecular weight is 340 g/mol. The quantitative estimate of drug-likeness (QED) is 0.792. The van der Waals surface area contributed by atoms with Gasteiger partial charge in [0.2, 0.25) is 0 Å². The first-order chi connectivity index (χ1) is 11.0. The highest BCUT2D eigenvalue weighted by molar-refractivity contribution is 5.74. The Morgan fingerprint density at radius 1 is 1.33 bits per heavy atom. The van der Waals surface area contributed by atoms with Crippen molar-refractivity contribution in [2.75, 3.05) is 13.1 Å². The molecule has 0 atom stereocenters. The Labute approximate surface area is 138 Å². The van der Waals surface area contributed by atoms with Crippen molar-refractivity contribution in [2.24, 2.45) is 5.92 Å². The Morgan fingerprint density at radius 3 is 2.46 bits per heavy atom. The van der Waals surface area contributed by atoms with Crippen molar-refractivity contribution >= 4 is 5.97 Å². The van der Waals surface area contributed by atoms with E-state index in [-0.39, 0.29) is 17.5 Å². The van der Waals surface area contributed by atoms with E-state index in [1.54, 1.807) is 26.8 Å². The van der Waals surface area contributed by atoms with Gasteiger partial charge >= 0.3 is 12.1 Å². The molecule has 130 valence electrons. The SMILES string of the molecule is CC(C)(C)OC(=O)C1CN(Cc2ccc(C#N)c(C(F)(F)F)c2)C1. The first kappa shape index (κ1) is 18.3. The predicted octanol–water partition coefficient (Wildman–Crippen LogP) is 3.35. The van der Waals surface area contributed by atoms with E-state index in [1.807, 2.05) is 4.90 Å². The summed E-state index contributed by atoms with van der Waals surface area (Å²) in [6, 6.07) is 5.25. The summed E-state index contributed by atoms with van der Waals surface area (Å²) in [5.74, 6) is -0.528. The number of halogens is 3. The number of hydrogen-bond donors (Lipinski definition) is 0. The van der Waals surface area contributed by atoms with Gasteiger partial charge in [0.25, 0.3) is 0 Å². The van der Waals surface area contributed by atoms with Crippen molar-refractivity contribution in [2.45, 2.75) is 39.1 Å². The zero-order valence-electron chi connectivity index (χ0n) is 13.8. The Hall–Kier alpha value is -2.07. The van der Waals surface area contributed by atoms with E-state index in [2.05, 4.69) is 0 Å². The van der Waals surface area contributed by atoms with Crippen LogP contribution in [-0.2, 0) is 22.3 Å². The highest BCUT2D eigenvalue weighted by Crippen LogP contribution is 2.33. The van der Waals surface area contributed by atoms with Crippen LogP contribution in [0.5, 0.6) is 0 Å². The predicted molar refractivity (Wildman–Crippen MR) is 80.8 cm³/mol. The van der Waals surface area contributed by atoms with E-state index >= 15 is 0 Å². The Morgan fingerprint density at radius 2 is 1.96 bits per heavy atom. The smallest absolute Gasteiger partial charge is 0.417 e. The van der Waals surface area contributed by atoms with Crippen LogP contribution < -0.4 is 0 Å². The number of rotatable bonds is 3. The Balaban J connectivity index is 1.97. The molecular weight excluding hydrogens is 321 g/mol. The summed E-state index contributed by atoms with van der Waals surface area (Å²) in [4.78, 5) is 13.7. The van der Waals surface area contributed by atoms with Gasteiger partial charge in [-0.1, -0.05) is 6.07 Å². The molecule has 0 N–H and O–H groups in total. The van der Waals surface area contributed by atoms with Crippen LogP contribution in [0.1, 0.15) is 37.5 Å². The molecule has 0 spiro atoms. The number of benzene rings is 1. The number of hydrogen-bond acceptors (Lipinski definition) is 4. The van der Waals surface area contributed by atoms with Gasteiger partial charge in [0.1, 0.15) is 5.60 Å². The molecule has 1 aliphatic rings. The van der Waals surface area contributed by atoms with E-state index in [0.717, 1.165) is 6.07 Å². The summed E-state index contributed by atoms with van der Waals surface area (Å²) in [6.07, 6.45) is -4.56. The summed E-state index contributed by atoms with van der Waals surface area (Å²) in [5.41, 5.74) is -1.40. The maximum absolute atomic E-state index is 12.9. The van der Waals surface area contributed by atoms with Gasteiger partial charge in [-0.2, -0.15) is 18.4 Å². The van der Waals surface area contributed by atoms with E-state index < -0.39 is 17.3 Å². The second-order valence-corrected chi connectivity index (χ2v) is 6.91. The topological polar surface area (TPSA) is 53.3 Å². The number of carbonyl (C=O) groups excluding carboxylic acids is 1. The molecule has 7 heteroatoms. The van der Waals surface area contributed by atoms with Gasteiger partial charge in [-0.3, -0.25) is 9.69 Å². The van der Waals surface area contributed by atoms with Crippen molar-refractivity contribution in [3.8, 4) is 6.07 Å². The third kappa shape index (κ3) is 4.48. The first-order valence-electron chi connectivity index (χ1n) is 7.55. The largest absolute Gasteiger partial charge is 0.460 e. The number of ether oxygens (including phenoxy) is 1. The van der Waals surface area contributed by atoms with Crippen molar-refractivity contribution in [3.05, 3.63) is 34.9 Å². The molecule has 24 heavy (non-hydrogen) atoms. The lowest BCUT2D eigenvalue weighted by atomic mass is 9.97. The number of carbonyl (C=O) groups is 1. The normalized spacial score (nSPS) is 16.4. The van der Waals surface area contributed by atoms with Crippen LogP contribution in [0.2, 0.25) is 0 Å². The number of nitrogens with zero attached hydrogens (tertiary/aromatic N) is 2. The molecule has 1 saturated heterocycles. The Bertz CT molecular complexity index is 666. The van der Waals surface area contributed by atoms with Crippen LogP contribution in [-0.4, -0.2) is 29.6 Å². The summed E-state index contributed by atoms with van der Waals surface area (Å²) < 4.78 is 44.1. The number of likely N-dealkylation sites (tertiary alicyclic amines) is 1. The van der Waals surface area contributed by atoms with Crippen LogP contribution >= 0.6 is 0 Å². The summed E-state index contributed by atoms with van der Waals surface area (Å²) in [5, 5.41) is 8.79. The van der Waals surface area contributed by atoms with Crippen molar-refractivity contribution in [1.29, 1.82) is 5.26 Å². The lowest BCUT2D eigenvalue weighted by Gasteiger charge is -2.38. The highest BCUT2D eigenvalue weighted by atomic mass is 19.4. The van der Waals surface area contributed by atoms with Crippen LogP contribution in [0.3, 0.4) is 0 Å². The minimum atomic E-state index is -4.56. The fraction of sp³-hybridized carbons (Fsp3) is 0.529. The molecule has 0 bridgehead atoms. The second kappa shape index (κ2) is 6.44. The Kier molecular flexibility index (Phi) is 4.90. The molecule has 2 rings (SSSR count). The van der Waals surface area contributed by atoms with Gasteiger partial charge in [0, 0.05) is 19.6 Å². The van der Waals surface area contributed by atoms with Crippen LogP contribution in [0.25, 0.3) is 0 Å². The molecule has 1 fully saturated rings. The van der Waals surface area contributed by atoms with Crippen molar-refractivity contribution in [1.82, 2.24) is 4.90 Å². The van der Waals surface area contributed by atoms with Crippen LogP contribution in [0.4, 0.5) is 13.2 Å². The fourth-order valence-corrected chi connectivity index (χ4v) is 2.51. The first-order valence-corrected chi connectivity index (χ1v) is 7.55. The maximum Gasteiger partial charge on any atom is 0.417 e. The number of alkyl halides is 3. The molecule has 0 unspecified atom stereocenters. The summed E-state index contributed by atoms with van der Waals surface area (Å²) in [6.45, 7) is 6.57. The van der Waals surface area contributed by atoms with Gasteiger partial charge in [-0.05, 0) is 38.5 Å². The molecular formula is C17H19F3N2O2. The van der Waals surface area contributed by atoms with Gasteiger partial charge in [-0.25, -0.2) is 0 Å². The zero-order valence-corrected chi connectivity index (χ0v) is 13.8. The van der Waals surface area contributed by atoms with Gasteiger partial charge in [-0.15, -0.1) is 0 Å². The molecule has 1 aromatic carbocycles. The van der Waals surface area contributed by atoms with Crippen LogP contribution in [0.15, 0.2) is 18.2 Å². The maximum atomic E-state index is 12.9. The molecule has 0 aromatic heterocycles. The van der Waals surface area contributed by atoms with Crippen LogP contribution in [0, 0.1) is 17.2 Å². The molecule has 0 saturated carbocycles. The zero-order chi connectivity index (χ0) is 18.1. The molecule has 1 heterocycles. The van der Waals surface area contributed by atoms with Crippen molar-refractivity contribution in [3.63, 3.8) is 0 Å². The second-order valence-electron chi connectivity index (χ2n) is 6.91. The van der Waals surface area contributed by atoms with Gasteiger partial charge in [0.15, 0.2) is 0 Å². The van der Waals surface area contributed by atoms with E-state index in [9.17, 15) is 18.0 Å². The van der Waals surface area contributed by atoms with E-state index in [4.69, 9.17) is 10.00 Å².